The van der Waals surface area contributed by atoms with Crippen molar-refractivity contribution < 1.29 is 22.6 Å². The summed E-state index contributed by atoms with van der Waals surface area (Å²) in [7, 11) is -3.32. The number of sulfone groups is 1. The van der Waals surface area contributed by atoms with Crippen molar-refractivity contribution in [3.63, 3.8) is 0 Å². The first kappa shape index (κ1) is 20.1. The van der Waals surface area contributed by atoms with Crippen LogP contribution in [-0.4, -0.2) is 35.2 Å². The molecule has 150 valence electrons. The fraction of sp³-hybridized carbons (Fsp3) is 0.167. The second-order valence-electron chi connectivity index (χ2n) is 6.00. The molecule has 0 bridgehead atoms. The molecule has 0 saturated heterocycles. The van der Waals surface area contributed by atoms with Gasteiger partial charge in [-0.3, -0.25) is 20.2 Å². The molecule has 0 fully saturated rings. The Balaban J connectivity index is 1.80. The fourth-order valence-electron chi connectivity index (χ4n) is 2.59. The topological polar surface area (TPSA) is 145 Å². The third kappa shape index (κ3) is 4.14. The Morgan fingerprint density at radius 2 is 1.86 bits per heavy atom. The van der Waals surface area contributed by atoms with Gasteiger partial charge < -0.3 is 4.42 Å². The number of nitro benzene ring substituents is 1. The van der Waals surface area contributed by atoms with Gasteiger partial charge in [0.1, 0.15) is 0 Å². The van der Waals surface area contributed by atoms with Gasteiger partial charge >= 0.3 is 6.01 Å². The summed E-state index contributed by atoms with van der Waals surface area (Å²) in [6.07, 6.45) is 0. The highest BCUT2D eigenvalue weighted by molar-refractivity contribution is 7.91. The van der Waals surface area contributed by atoms with Crippen LogP contribution < -0.4 is 5.32 Å². The number of nitrogens with zero attached hydrogens (tertiary/aromatic N) is 3. The molecule has 0 aliphatic rings. The molecule has 0 spiro atoms. The average molecular weight is 416 g/mol. The highest BCUT2D eigenvalue weighted by Crippen LogP contribution is 2.24. The number of aromatic nitrogens is 2. The number of benzene rings is 2. The van der Waals surface area contributed by atoms with Crippen molar-refractivity contribution in [3.05, 3.63) is 63.7 Å². The quantitative estimate of drug-likeness (QED) is 0.477. The number of hydrogen-bond acceptors (Lipinski definition) is 8. The molecule has 0 aliphatic carbocycles. The molecule has 0 aliphatic heterocycles. The lowest BCUT2D eigenvalue weighted by molar-refractivity contribution is -0.385. The molecule has 3 rings (SSSR count). The van der Waals surface area contributed by atoms with Crippen LogP contribution in [0.15, 0.2) is 51.8 Å². The van der Waals surface area contributed by atoms with Crippen molar-refractivity contribution in [3.8, 4) is 11.5 Å². The van der Waals surface area contributed by atoms with E-state index in [1.54, 1.807) is 6.92 Å². The predicted octanol–water partition coefficient (Wildman–Crippen LogP) is 3.00. The molecular weight excluding hydrogens is 400 g/mol. The molecule has 1 amide bonds. The van der Waals surface area contributed by atoms with Crippen molar-refractivity contribution in [2.45, 2.75) is 18.7 Å². The number of nitro groups is 1. The Morgan fingerprint density at radius 1 is 1.17 bits per heavy atom. The summed E-state index contributed by atoms with van der Waals surface area (Å²) in [5, 5.41) is 21.0. The monoisotopic (exact) mass is 416 g/mol. The number of hydrogen-bond donors (Lipinski definition) is 1. The molecule has 29 heavy (non-hydrogen) atoms. The van der Waals surface area contributed by atoms with Gasteiger partial charge in [0, 0.05) is 22.8 Å². The van der Waals surface area contributed by atoms with Crippen molar-refractivity contribution >= 4 is 27.4 Å². The lowest BCUT2D eigenvalue weighted by Gasteiger charge is -2.05. The van der Waals surface area contributed by atoms with Crippen LogP contribution in [0.4, 0.5) is 11.7 Å². The lowest BCUT2D eigenvalue weighted by atomic mass is 10.1. The van der Waals surface area contributed by atoms with Crippen LogP contribution >= 0.6 is 0 Å². The van der Waals surface area contributed by atoms with Crippen LogP contribution in [0.5, 0.6) is 0 Å². The van der Waals surface area contributed by atoms with E-state index in [0.717, 1.165) is 0 Å². The van der Waals surface area contributed by atoms with Crippen LogP contribution in [0.1, 0.15) is 22.8 Å². The average Bonchev–Trinajstić information content (AvgIpc) is 3.16. The Labute approximate surface area is 165 Å². The second-order valence-corrected chi connectivity index (χ2v) is 8.28. The SMILES string of the molecule is CCS(=O)(=O)c1ccc(-c2nnc(NC(=O)c3cccc([N+](=O)[O-])c3C)o2)cc1. The minimum Gasteiger partial charge on any atom is -0.403 e. The minimum atomic E-state index is -3.32. The molecular formula is C18H16N4O6S. The van der Waals surface area contributed by atoms with Gasteiger partial charge in [-0.25, -0.2) is 8.42 Å². The van der Waals surface area contributed by atoms with Crippen molar-refractivity contribution in [2.24, 2.45) is 0 Å². The smallest absolute Gasteiger partial charge is 0.322 e. The summed E-state index contributed by atoms with van der Waals surface area (Å²) in [6, 6.07) is 9.87. The summed E-state index contributed by atoms with van der Waals surface area (Å²) >= 11 is 0. The van der Waals surface area contributed by atoms with Crippen LogP contribution in [0, 0.1) is 17.0 Å². The van der Waals surface area contributed by atoms with Gasteiger partial charge in [0.15, 0.2) is 9.84 Å². The number of carbonyl (C=O) groups is 1. The first-order valence-electron chi connectivity index (χ1n) is 8.45. The lowest BCUT2D eigenvalue weighted by Crippen LogP contribution is -2.14. The Morgan fingerprint density at radius 3 is 2.48 bits per heavy atom. The van der Waals surface area contributed by atoms with E-state index in [0.29, 0.717) is 5.56 Å². The second kappa shape index (κ2) is 7.80. The van der Waals surface area contributed by atoms with E-state index >= 15 is 0 Å². The first-order chi connectivity index (χ1) is 13.7. The summed E-state index contributed by atoms with van der Waals surface area (Å²) in [5.74, 6) is -0.567. The standard InChI is InChI=1S/C18H16N4O6S/c1-3-29(26,27)13-9-7-12(8-10-13)17-20-21-18(28-17)19-16(23)14-5-4-6-15(11(14)2)22(24)25/h4-10H,3H2,1-2H3,(H,19,21,23). The molecule has 0 unspecified atom stereocenters. The number of rotatable bonds is 6. The molecule has 1 N–H and O–H groups in total. The van der Waals surface area contributed by atoms with E-state index in [1.165, 1.54) is 49.4 Å². The minimum absolute atomic E-state index is 0.0137. The van der Waals surface area contributed by atoms with E-state index in [2.05, 4.69) is 15.5 Å². The molecule has 10 nitrogen and oxygen atoms in total. The summed E-state index contributed by atoms with van der Waals surface area (Å²) in [6.45, 7) is 3.03. The van der Waals surface area contributed by atoms with E-state index in [-0.39, 0.29) is 39.4 Å². The summed E-state index contributed by atoms with van der Waals surface area (Å²) in [5.41, 5.74) is 0.612. The van der Waals surface area contributed by atoms with Crippen LogP contribution in [0.25, 0.3) is 11.5 Å². The number of carbonyl (C=O) groups excluding carboxylic acids is 1. The Kier molecular flexibility index (Phi) is 5.41. The maximum absolute atomic E-state index is 12.4. The van der Waals surface area contributed by atoms with Gasteiger partial charge in [0.05, 0.1) is 15.6 Å². The fourth-order valence-corrected chi connectivity index (χ4v) is 3.48. The first-order valence-corrected chi connectivity index (χ1v) is 10.1. The molecule has 1 heterocycles. The van der Waals surface area contributed by atoms with Crippen molar-refractivity contribution in [1.82, 2.24) is 10.2 Å². The van der Waals surface area contributed by atoms with E-state index in [1.807, 2.05) is 0 Å². The number of nitrogens with one attached hydrogen (secondary N) is 1. The highest BCUT2D eigenvalue weighted by Gasteiger charge is 2.20. The van der Waals surface area contributed by atoms with Crippen LogP contribution in [-0.2, 0) is 9.84 Å². The maximum Gasteiger partial charge on any atom is 0.322 e. The van der Waals surface area contributed by atoms with Gasteiger partial charge in [-0.05, 0) is 37.3 Å². The Hall–Kier alpha value is -3.60. The summed E-state index contributed by atoms with van der Waals surface area (Å²) in [4.78, 5) is 23.0. The third-order valence-electron chi connectivity index (χ3n) is 4.23. The van der Waals surface area contributed by atoms with Gasteiger partial charge in [-0.1, -0.05) is 18.1 Å². The largest absolute Gasteiger partial charge is 0.403 e. The molecule has 3 aromatic rings. The van der Waals surface area contributed by atoms with E-state index < -0.39 is 20.7 Å². The third-order valence-corrected chi connectivity index (χ3v) is 5.98. The van der Waals surface area contributed by atoms with Gasteiger partial charge in [0.2, 0.25) is 5.89 Å². The van der Waals surface area contributed by atoms with E-state index in [9.17, 15) is 23.3 Å². The number of amides is 1. The normalized spacial score (nSPS) is 11.2. The van der Waals surface area contributed by atoms with Crippen molar-refractivity contribution in [2.75, 3.05) is 11.1 Å². The van der Waals surface area contributed by atoms with E-state index in [4.69, 9.17) is 4.42 Å². The molecule has 1 aromatic heterocycles. The zero-order valence-corrected chi connectivity index (χ0v) is 16.3. The van der Waals surface area contributed by atoms with Gasteiger partial charge in [0.25, 0.3) is 11.6 Å². The van der Waals surface area contributed by atoms with Crippen LogP contribution in [0.3, 0.4) is 0 Å². The maximum atomic E-state index is 12.4. The molecule has 0 atom stereocenters. The molecule has 2 aromatic carbocycles. The molecule has 0 saturated carbocycles. The Bertz CT molecular complexity index is 1190. The van der Waals surface area contributed by atoms with Crippen LogP contribution in [0.2, 0.25) is 0 Å². The number of anilines is 1. The zero-order valence-electron chi connectivity index (χ0n) is 15.4. The molecule has 11 heteroatoms. The zero-order chi connectivity index (χ0) is 21.2. The summed E-state index contributed by atoms with van der Waals surface area (Å²) < 4.78 is 29.1. The molecule has 0 radical (unpaired) electrons. The van der Waals surface area contributed by atoms with Gasteiger partial charge in [-0.15, -0.1) is 5.10 Å². The predicted molar refractivity (Wildman–Crippen MR) is 103 cm³/mol. The van der Waals surface area contributed by atoms with Crippen molar-refractivity contribution in [1.29, 1.82) is 0 Å². The van der Waals surface area contributed by atoms with Gasteiger partial charge in [-0.2, -0.15) is 0 Å². The highest BCUT2D eigenvalue weighted by atomic mass is 32.2.